The minimum absolute atomic E-state index is 0.0286. The fourth-order valence-electron chi connectivity index (χ4n) is 3.99. The largest absolute Gasteiger partial charge is 0.483 e. The van der Waals surface area contributed by atoms with Gasteiger partial charge in [0.25, 0.3) is 6.47 Å². The van der Waals surface area contributed by atoms with Gasteiger partial charge in [0, 0.05) is 25.6 Å². The Bertz CT molecular complexity index is 940. The average Bonchev–Trinajstić information content (AvgIpc) is 3.27. The van der Waals surface area contributed by atoms with E-state index in [2.05, 4.69) is 15.1 Å². The second-order valence-electron chi connectivity index (χ2n) is 7.40. The molecule has 2 saturated heterocycles. The van der Waals surface area contributed by atoms with Gasteiger partial charge in [0.1, 0.15) is 0 Å². The van der Waals surface area contributed by atoms with E-state index in [9.17, 15) is 4.79 Å². The van der Waals surface area contributed by atoms with Crippen molar-refractivity contribution in [1.29, 1.82) is 0 Å². The van der Waals surface area contributed by atoms with Gasteiger partial charge in [0.05, 0.1) is 25.7 Å². The lowest BCUT2D eigenvalue weighted by Gasteiger charge is -2.31. The van der Waals surface area contributed by atoms with Crippen molar-refractivity contribution in [2.75, 3.05) is 50.3 Å². The number of carbonyl (C=O) groups excluding carboxylic acids is 1. The topological polar surface area (TPSA) is 140 Å². The number of nitrogens with two attached hydrogens (primary N) is 1. The first kappa shape index (κ1) is 21.1. The van der Waals surface area contributed by atoms with Gasteiger partial charge < -0.3 is 34.9 Å². The van der Waals surface area contributed by atoms with Crippen molar-refractivity contribution in [3.63, 3.8) is 0 Å². The maximum Gasteiger partial charge on any atom is 0.290 e. The van der Waals surface area contributed by atoms with Gasteiger partial charge in [0.2, 0.25) is 23.0 Å². The number of nitrogen functional groups attached to an aromatic ring is 1. The van der Waals surface area contributed by atoms with Crippen LogP contribution in [0.25, 0.3) is 0 Å². The monoisotopic (exact) mass is 449 g/mol. The van der Waals surface area contributed by atoms with E-state index in [1.54, 1.807) is 0 Å². The van der Waals surface area contributed by atoms with E-state index >= 15 is 0 Å². The van der Waals surface area contributed by atoms with Crippen LogP contribution in [0.15, 0.2) is 18.2 Å². The lowest BCUT2D eigenvalue weighted by molar-refractivity contribution is -0.133. The third kappa shape index (κ3) is 4.80. The molecule has 3 N–H and O–H groups in total. The summed E-state index contributed by atoms with van der Waals surface area (Å²) < 4.78 is 16.6. The van der Waals surface area contributed by atoms with Gasteiger partial charge in [-0.3, -0.25) is 9.59 Å². The molecule has 4 heterocycles. The molecule has 2 fully saturated rings. The SMILES string of the molecule is Nc1nnc(N2C[C@@H]3COC[C@H](C2)N(C(=O)Cc2ccc4c(c2)OCO4)C3)s1.O=CO. The van der Waals surface area contributed by atoms with E-state index in [-0.39, 0.29) is 31.1 Å². The Morgan fingerprint density at radius 2 is 2.03 bits per heavy atom. The summed E-state index contributed by atoms with van der Waals surface area (Å²) >= 11 is 1.38. The number of nitrogens with zero attached hydrogens (tertiary/aromatic N) is 4. The predicted molar refractivity (Wildman–Crippen MR) is 111 cm³/mol. The smallest absolute Gasteiger partial charge is 0.290 e. The molecule has 0 unspecified atom stereocenters. The maximum atomic E-state index is 13.1. The van der Waals surface area contributed by atoms with Crippen LogP contribution >= 0.6 is 11.3 Å². The molecule has 3 aliphatic heterocycles. The number of benzene rings is 1. The van der Waals surface area contributed by atoms with Crippen molar-refractivity contribution < 1.29 is 28.9 Å². The van der Waals surface area contributed by atoms with Gasteiger partial charge in [0.15, 0.2) is 11.5 Å². The highest BCUT2D eigenvalue weighted by Crippen LogP contribution is 2.33. The number of ether oxygens (including phenoxy) is 3. The van der Waals surface area contributed by atoms with E-state index < -0.39 is 0 Å². The fourth-order valence-corrected chi connectivity index (χ4v) is 4.61. The van der Waals surface area contributed by atoms with E-state index in [1.165, 1.54) is 11.3 Å². The van der Waals surface area contributed by atoms with Crippen LogP contribution < -0.4 is 20.1 Å². The summed E-state index contributed by atoms with van der Waals surface area (Å²) in [7, 11) is 0. The number of hydrogen-bond acceptors (Lipinski definition) is 10. The molecule has 31 heavy (non-hydrogen) atoms. The first-order valence-corrected chi connectivity index (χ1v) is 10.6. The summed E-state index contributed by atoms with van der Waals surface area (Å²) in [6, 6.07) is 5.63. The zero-order valence-corrected chi connectivity index (χ0v) is 17.5. The third-order valence-corrected chi connectivity index (χ3v) is 6.10. The molecule has 1 aromatic carbocycles. The first-order valence-electron chi connectivity index (χ1n) is 9.75. The molecule has 12 heteroatoms. The number of anilines is 2. The first-order chi connectivity index (χ1) is 15.1. The van der Waals surface area contributed by atoms with E-state index in [0.29, 0.717) is 43.6 Å². The van der Waals surface area contributed by atoms with Gasteiger partial charge in [-0.25, -0.2) is 0 Å². The highest BCUT2D eigenvalue weighted by atomic mass is 32.1. The van der Waals surface area contributed by atoms with Crippen LogP contribution in [0.2, 0.25) is 0 Å². The van der Waals surface area contributed by atoms with E-state index in [4.69, 9.17) is 29.8 Å². The molecule has 2 aromatic rings. The van der Waals surface area contributed by atoms with E-state index in [0.717, 1.165) is 23.0 Å². The molecule has 1 aromatic heterocycles. The quantitative estimate of drug-likeness (QED) is 0.635. The molecule has 1 amide bonds. The molecule has 0 aliphatic carbocycles. The number of carboxylic acid groups (broad SMARTS) is 1. The molecule has 2 atom stereocenters. The van der Waals surface area contributed by atoms with Crippen LogP contribution in [0.5, 0.6) is 11.5 Å². The van der Waals surface area contributed by atoms with Crippen molar-refractivity contribution in [2.45, 2.75) is 12.5 Å². The van der Waals surface area contributed by atoms with Crippen molar-refractivity contribution in [3.8, 4) is 11.5 Å². The summed E-state index contributed by atoms with van der Waals surface area (Å²) in [5, 5.41) is 16.3. The van der Waals surface area contributed by atoms with Gasteiger partial charge >= 0.3 is 0 Å². The highest BCUT2D eigenvalue weighted by Gasteiger charge is 2.36. The Balaban J connectivity index is 0.000000730. The minimum Gasteiger partial charge on any atom is -0.483 e. The number of carbonyl (C=O) groups is 2. The molecule has 5 rings (SSSR count). The van der Waals surface area contributed by atoms with Gasteiger partial charge in [-0.15, -0.1) is 10.2 Å². The van der Waals surface area contributed by atoms with Crippen LogP contribution in [0.3, 0.4) is 0 Å². The third-order valence-electron chi connectivity index (χ3n) is 5.28. The van der Waals surface area contributed by atoms with E-state index in [1.807, 2.05) is 23.1 Å². The minimum atomic E-state index is -0.250. The summed E-state index contributed by atoms with van der Waals surface area (Å²) in [4.78, 5) is 25.7. The van der Waals surface area contributed by atoms with Crippen molar-refractivity contribution >= 4 is 34.0 Å². The number of aromatic nitrogens is 2. The molecule has 2 bridgehead atoms. The predicted octanol–water partition coefficient (Wildman–Crippen LogP) is 0.456. The van der Waals surface area contributed by atoms with Crippen LogP contribution in [0, 0.1) is 5.92 Å². The zero-order valence-electron chi connectivity index (χ0n) is 16.7. The van der Waals surface area contributed by atoms with Gasteiger partial charge in [-0.1, -0.05) is 17.4 Å². The number of fused-ring (bicyclic) bond motifs is 4. The van der Waals surface area contributed by atoms with Gasteiger partial charge in [-0.05, 0) is 17.7 Å². The molecule has 11 nitrogen and oxygen atoms in total. The molecule has 166 valence electrons. The Kier molecular flexibility index (Phi) is 6.37. The maximum absolute atomic E-state index is 13.1. The molecular formula is C19H23N5O6S. The summed E-state index contributed by atoms with van der Waals surface area (Å²) in [6.07, 6.45) is 0.325. The summed E-state index contributed by atoms with van der Waals surface area (Å²) in [5.74, 6) is 1.74. The molecule has 0 spiro atoms. The number of rotatable bonds is 3. The Hall–Kier alpha value is -3.12. The normalized spacial score (nSPS) is 21.7. The van der Waals surface area contributed by atoms with Crippen LogP contribution in [0.4, 0.5) is 10.3 Å². The second-order valence-corrected chi connectivity index (χ2v) is 8.39. The van der Waals surface area contributed by atoms with Gasteiger partial charge in [-0.2, -0.15) is 0 Å². The van der Waals surface area contributed by atoms with Crippen LogP contribution in [-0.4, -0.2) is 78.3 Å². The van der Waals surface area contributed by atoms with Crippen LogP contribution in [0.1, 0.15) is 5.56 Å². The number of amides is 1. The lowest BCUT2D eigenvalue weighted by Crippen LogP contribution is -2.47. The standard InChI is InChI=1S/C18H21N5O4S.CH2O2/c19-17-20-21-18(28-17)22-5-12-6-23(13(7-22)9-25-8-12)16(24)4-11-1-2-14-15(3-11)27-10-26-14;2-1-3/h1-3,12-13H,4-10H2,(H2,19,20);1H,(H,2,3)/t12-,13-;/m0./s1. The Labute approximate surface area is 182 Å². The summed E-state index contributed by atoms with van der Waals surface area (Å²) in [5.41, 5.74) is 6.67. The average molecular weight is 449 g/mol. The van der Waals surface area contributed by atoms with Crippen molar-refractivity contribution in [1.82, 2.24) is 15.1 Å². The van der Waals surface area contributed by atoms with Crippen molar-refractivity contribution in [2.24, 2.45) is 5.92 Å². The molecule has 0 saturated carbocycles. The Morgan fingerprint density at radius 1 is 1.23 bits per heavy atom. The Morgan fingerprint density at radius 3 is 2.81 bits per heavy atom. The highest BCUT2D eigenvalue weighted by molar-refractivity contribution is 7.18. The summed E-state index contributed by atoms with van der Waals surface area (Å²) in [6.45, 7) is 3.25. The van der Waals surface area contributed by atoms with Crippen molar-refractivity contribution in [3.05, 3.63) is 23.8 Å². The molecular weight excluding hydrogens is 426 g/mol. The fraction of sp³-hybridized carbons (Fsp3) is 0.474. The molecule has 0 radical (unpaired) electrons. The van der Waals surface area contributed by atoms with Crippen LogP contribution in [-0.2, 0) is 20.7 Å². The molecule has 3 aliphatic rings. The lowest BCUT2D eigenvalue weighted by atomic mass is 10.1. The number of hydrogen-bond donors (Lipinski definition) is 2. The zero-order chi connectivity index (χ0) is 21.8. The second kappa shape index (κ2) is 9.35.